The smallest absolute Gasteiger partial charge is 0.241 e. The van der Waals surface area contributed by atoms with Gasteiger partial charge in [-0.2, -0.15) is 0 Å². The van der Waals surface area contributed by atoms with Crippen molar-refractivity contribution < 1.29 is 19.1 Å². The second-order valence-electron chi connectivity index (χ2n) is 6.78. The van der Waals surface area contributed by atoms with E-state index in [9.17, 15) is 9.59 Å². The Hall–Kier alpha value is -2.48. The van der Waals surface area contributed by atoms with Crippen LogP contribution < -0.4 is 20.1 Å². The lowest BCUT2D eigenvalue weighted by Crippen LogP contribution is -2.43. The molecule has 0 aliphatic rings. The maximum Gasteiger partial charge on any atom is 0.241 e. The van der Waals surface area contributed by atoms with Gasteiger partial charge in [-0.3, -0.25) is 14.5 Å². The van der Waals surface area contributed by atoms with Crippen molar-refractivity contribution in [3.63, 3.8) is 0 Å². The Morgan fingerprint density at radius 2 is 1.68 bits per heavy atom. The van der Waals surface area contributed by atoms with E-state index >= 15 is 0 Å². The summed E-state index contributed by atoms with van der Waals surface area (Å²) in [5.74, 6) is 0.597. The van der Waals surface area contributed by atoms with Gasteiger partial charge in [-0.25, -0.2) is 0 Å². The molecule has 0 saturated carbocycles. The lowest BCUT2D eigenvalue weighted by Gasteiger charge is -2.23. The number of carbonyl (C=O) groups is 2. The quantitative estimate of drug-likeness (QED) is 0.529. The van der Waals surface area contributed by atoms with Crippen LogP contribution in [0, 0.1) is 0 Å². The fourth-order valence-corrected chi connectivity index (χ4v) is 3.06. The SMILES string of the molecule is CCOc1ccc(NC(=O)CN(C)C(C)C(=O)Nc2cc(Cl)ccc2Cl)cc1OCC. The highest BCUT2D eigenvalue weighted by Gasteiger charge is 2.21. The number of hydrogen-bond acceptors (Lipinski definition) is 5. The van der Waals surface area contributed by atoms with Gasteiger partial charge >= 0.3 is 0 Å². The Labute approximate surface area is 192 Å². The summed E-state index contributed by atoms with van der Waals surface area (Å²) < 4.78 is 11.1. The molecule has 0 aromatic heterocycles. The minimum Gasteiger partial charge on any atom is -0.490 e. The molecule has 2 aromatic carbocycles. The van der Waals surface area contributed by atoms with Gasteiger partial charge in [0.05, 0.1) is 36.5 Å². The van der Waals surface area contributed by atoms with Crippen LogP contribution in [0.3, 0.4) is 0 Å². The third-order valence-electron chi connectivity index (χ3n) is 4.45. The van der Waals surface area contributed by atoms with Crippen LogP contribution in [-0.4, -0.2) is 49.6 Å². The molecule has 0 aliphatic carbocycles. The van der Waals surface area contributed by atoms with E-state index in [0.29, 0.717) is 46.1 Å². The Bertz CT molecular complexity index is 924. The first-order chi connectivity index (χ1) is 14.7. The average molecular weight is 468 g/mol. The van der Waals surface area contributed by atoms with Crippen LogP contribution in [0.1, 0.15) is 20.8 Å². The van der Waals surface area contributed by atoms with E-state index in [1.54, 1.807) is 55.3 Å². The fraction of sp³-hybridized carbons (Fsp3) is 0.364. The first-order valence-electron chi connectivity index (χ1n) is 9.90. The first kappa shape index (κ1) is 24.8. The summed E-state index contributed by atoms with van der Waals surface area (Å²) in [6.45, 7) is 6.46. The van der Waals surface area contributed by atoms with Crippen molar-refractivity contribution >= 4 is 46.4 Å². The summed E-state index contributed by atoms with van der Waals surface area (Å²) in [6, 6.07) is 9.43. The van der Waals surface area contributed by atoms with Crippen molar-refractivity contribution in [2.45, 2.75) is 26.8 Å². The molecule has 1 atom stereocenters. The minimum atomic E-state index is -0.583. The lowest BCUT2D eigenvalue weighted by molar-refractivity contribution is -0.122. The molecule has 0 heterocycles. The molecule has 2 amide bonds. The zero-order valence-corrected chi connectivity index (χ0v) is 19.5. The zero-order valence-electron chi connectivity index (χ0n) is 18.0. The molecule has 31 heavy (non-hydrogen) atoms. The molecule has 168 valence electrons. The number of ether oxygens (including phenoxy) is 2. The number of benzene rings is 2. The van der Waals surface area contributed by atoms with Crippen LogP contribution in [0.15, 0.2) is 36.4 Å². The molecule has 2 rings (SSSR count). The molecule has 0 fully saturated rings. The number of rotatable bonds is 10. The Balaban J connectivity index is 1.97. The van der Waals surface area contributed by atoms with Crippen LogP contribution >= 0.6 is 23.2 Å². The van der Waals surface area contributed by atoms with Crippen molar-refractivity contribution in [3.05, 3.63) is 46.4 Å². The van der Waals surface area contributed by atoms with Crippen molar-refractivity contribution in [2.24, 2.45) is 0 Å². The molecule has 0 radical (unpaired) electrons. The van der Waals surface area contributed by atoms with Crippen LogP contribution in [0.4, 0.5) is 11.4 Å². The maximum absolute atomic E-state index is 12.6. The first-order valence-corrected chi connectivity index (χ1v) is 10.7. The van der Waals surface area contributed by atoms with Gasteiger partial charge in [0.2, 0.25) is 11.8 Å². The molecule has 0 aliphatic heterocycles. The third-order valence-corrected chi connectivity index (χ3v) is 5.01. The Morgan fingerprint density at radius 1 is 1.00 bits per heavy atom. The number of likely N-dealkylation sites (N-methyl/N-ethyl adjacent to an activating group) is 1. The molecular weight excluding hydrogens is 441 g/mol. The van der Waals surface area contributed by atoms with E-state index < -0.39 is 6.04 Å². The van der Waals surface area contributed by atoms with E-state index in [1.165, 1.54) is 0 Å². The lowest BCUT2D eigenvalue weighted by atomic mass is 10.2. The molecule has 1 unspecified atom stereocenters. The summed E-state index contributed by atoms with van der Waals surface area (Å²) in [5.41, 5.74) is 0.995. The topological polar surface area (TPSA) is 79.9 Å². The second kappa shape index (κ2) is 11.8. The van der Waals surface area contributed by atoms with Crippen molar-refractivity contribution in [2.75, 3.05) is 37.4 Å². The van der Waals surface area contributed by atoms with Gasteiger partial charge in [-0.1, -0.05) is 23.2 Å². The van der Waals surface area contributed by atoms with Crippen LogP contribution in [-0.2, 0) is 9.59 Å². The van der Waals surface area contributed by atoms with Gasteiger partial charge in [0.1, 0.15) is 0 Å². The zero-order chi connectivity index (χ0) is 23.0. The van der Waals surface area contributed by atoms with Crippen molar-refractivity contribution in [1.82, 2.24) is 4.90 Å². The second-order valence-corrected chi connectivity index (χ2v) is 7.62. The van der Waals surface area contributed by atoms with Gasteiger partial charge < -0.3 is 20.1 Å². The molecule has 2 aromatic rings. The fourth-order valence-electron chi connectivity index (χ4n) is 2.72. The number of hydrogen-bond donors (Lipinski definition) is 2. The van der Waals surface area contributed by atoms with Gasteiger partial charge in [-0.05, 0) is 58.2 Å². The van der Waals surface area contributed by atoms with Crippen LogP contribution in [0.2, 0.25) is 10.0 Å². The predicted octanol–water partition coefficient (Wildman–Crippen LogP) is 4.69. The normalized spacial score (nSPS) is 11.7. The van der Waals surface area contributed by atoms with E-state index in [2.05, 4.69) is 10.6 Å². The summed E-state index contributed by atoms with van der Waals surface area (Å²) in [7, 11) is 1.69. The molecule has 0 spiro atoms. The van der Waals surface area contributed by atoms with E-state index in [0.717, 1.165) is 0 Å². The number of nitrogens with zero attached hydrogens (tertiary/aromatic N) is 1. The maximum atomic E-state index is 12.6. The Morgan fingerprint density at radius 3 is 2.35 bits per heavy atom. The average Bonchev–Trinajstić information content (AvgIpc) is 2.72. The standard InChI is InChI=1S/C22H27Cl2N3O4/c1-5-30-19-10-8-16(12-20(19)31-6-2)25-21(28)13-27(4)14(3)22(29)26-18-11-15(23)7-9-17(18)24/h7-12,14H,5-6,13H2,1-4H3,(H,25,28)(H,26,29). The van der Waals surface area contributed by atoms with Gasteiger partial charge in [0.15, 0.2) is 11.5 Å². The Kier molecular flexibility index (Phi) is 9.43. The highest BCUT2D eigenvalue weighted by Crippen LogP contribution is 2.30. The summed E-state index contributed by atoms with van der Waals surface area (Å²) >= 11 is 12.1. The van der Waals surface area contributed by atoms with E-state index in [-0.39, 0.29) is 18.4 Å². The summed E-state index contributed by atoms with van der Waals surface area (Å²) in [4.78, 5) is 26.7. The van der Waals surface area contributed by atoms with Crippen LogP contribution in [0.5, 0.6) is 11.5 Å². The van der Waals surface area contributed by atoms with Gasteiger partial charge in [-0.15, -0.1) is 0 Å². The van der Waals surface area contributed by atoms with E-state index in [1.807, 2.05) is 13.8 Å². The number of anilines is 2. The van der Waals surface area contributed by atoms with Crippen molar-refractivity contribution in [1.29, 1.82) is 0 Å². The monoisotopic (exact) mass is 467 g/mol. The molecular formula is C22H27Cl2N3O4. The predicted molar refractivity (Wildman–Crippen MR) is 125 cm³/mol. The highest BCUT2D eigenvalue weighted by atomic mass is 35.5. The number of amides is 2. The number of halogens is 2. The van der Waals surface area contributed by atoms with Crippen molar-refractivity contribution in [3.8, 4) is 11.5 Å². The van der Waals surface area contributed by atoms with Crippen LogP contribution in [0.25, 0.3) is 0 Å². The highest BCUT2D eigenvalue weighted by molar-refractivity contribution is 6.35. The summed E-state index contributed by atoms with van der Waals surface area (Å²) in [6.07, 6.45) is 0. The molecule has 0 bridgehead atoms. The third kappa shape index (κ3) is 7.31. The summed E-state index contributed by atoms with van der Waals surface area (Å²) in [5, 5.41) is 6.39. The number of carbonyl (C=O) groups excluding carboxylic acids is 2. The molecule has 7 nitrogen and oxygen atoms in total. The van der Waals surface area contributed by atoms with E-state index in [4.69, 9.17) is 32.7 Å². The molecule has 9 heteroatoms. The molecule has 0 saturated heterocycles. The largest absolute Gasteiger partial charge is 0.490 e. The number of nitrogens with one attached hydrogen (secondary N) is 2. The molecule has 2 N–H and O–H groups in total. The van der Waals surface area contributed by atoms with Gasteiger partial charge in [0, 0.05) is 16.8 Å². The minimum absolute atomic E-state index is 0.00897. The van der Waals surface area contributed by atoms with Gasteiger partial charge in [0.25, 0.3) is 0 Å².